The van der Waals surface area contributed by atoms with Crippen LogP contribution in [0.3, 0.4) is 0 Å². The molecule has 9 nitrogen and oxygen atoms in total. The monoisotopic (exact) mass is 403 g/mol. The Hall–Kier alpha value is -3.61. The molecule has 0 spiro atoms. The van der Waals surface area contributed by atoms with E-state index in [0.29, 0.717) is 36.9 Å². The minimum absolute atomic E-state index is 0.242. The van der Waals surface area contributed by atoms with Gasteiger partial charge in [-0.2, -0.15) is 5.26 Å². The Balaban J connectivity index is 1.69. The molecule has 0 radical (unpaired) electrons. The Labute approximate surface area is 174 Å². The highest BCUT2D eigenvalue weighted by Crippen LogP contribution is 2.32. The normalized spacial score (nSPS) is 13.7. The van der Waals surface area contributed by atoms with Crippen molar-refractivity contribution in [1.29, 1.82) is 5.26 Å². The second-order valence-corrected chi connectivity index (χ2v) is 6.78. The third kappa shape index (κ3) is 4.35. The van der Waals surface area contributed by atoms with Crippen molar-refractivity contribution in [3.8, 4) is 29.1 Å². The van der Waals surface area contributed by atoms with E-state index in [0.717, 1.165) is 30.2 Å². The Morgan fingerprint density at radius 2 is 1.93 bits per heavy atom. The number of aryl methyl sites for hydroxylation is 1. The van der Waals surface area contributed by atoms with E-state index in [-0.39, 0.29) is 11.6 Å². The Morgan fingerprint density at radius 3 is 2.63 bits per heavy atom. The quantitative estimate of drug-likeness (QED) is 0.683. The number of rotatable bonds is 5. The molecule has 4 heterocycles. The lowest BCUT2D eigenvalue weighted by Gasteiger charge is -2.28. The van der Waals surface area contributed by atoms with Gasteiger partial charge >= 0.3 is 0 Å². The van der Waals surface area contributed by atoms with E-state index in [1.807, 2.05) is 25.1 Å². The highest BCUT2D eigenvalue weighted by Gasteiger charge is 2.17. The molecule has 152 valence electrons. The van der Waals surface area contributed by atoms with E-state index >= 15 is 0 Å². The first kappa shape index (κ1) is 19.7. The van der Waals surface area contributed by atoms with Crippen molar-refractivity contribution in [3.05, 3.63) is 53.6 Å². The van der Waals surface area contributed by atoms with Crippen molar-refractivity contribution in [3.63, 3.8) is 0 Å². The summed E-state index contributed by atoms with van der Waals surface area (Å²) >= 11 is 0. The maximum atomic E-state index is 9.27. The van der Waals surface area contributed by atoms with Crippen LogP contribution in [0.2, 0.25) is 0 Å². The summed E-state index contributed by atoms with van der Waals surface area (Å²) in [4.78, 5) is 19.8. The second kappa shape index (κ2) is 8.82. The molecule has 0 atom stereocenters. The van der Waals surface area contributed by atoms with Crippen molar-refractivity contribution in [2.45, 2.75) is 13.5 Å². The average molecular weight is 403 g/mol. The third-order valence-electron chi connectivity index (χ3n) is 4.62. The molecule has 2 N–H and O–H groups in total. The number of pyridine rings is 2. The molecule has 30 heavy (non-hydrogen) atoms. The summed E-state index contributed by atoms with van der Waals surface area (Å²) in [6.07, 6.45) is 3.33. The average Bonchev–Trinajstić information content (AvgIpc) is 2.79. The Bertz CT molecular complexity index is 1070. The number of hydrogen-bond acceptors (Lipinski definition) is 9. The molecule has 4 rings (SSSR count). The molecule has 0 saturated carbocycles. The standard InChI is InChI=1S/C21H21N7O2/c1-14-8-17(9-19(26-14)28-4-6-29-7-5-28)30-21-18(3-2-16(11-23)27-21)20-24-12-15(10-22)13-25-20/h2-3,8-9,12-13H,4-7,10,22H2,1H3. The van der Waals surface area contributed by atoms with Gasteiger partial charge in [0.2, 0.25) is 5.88 Å². The number of nitriles is 1. The van der Waals surface area contributed by atoms with Crippen LogP contribution in [0, 0.1) is 18.3 Å². The highest BCUT2D eigenvalue weighted by atomic mass is 16.5. The molecular weight excluding hydrogens is 382 g/mol. The molecule has 3 aromatic rings. The van der Waals surface area contributed by atoms with E-state index < -0.39 is 0 Å². The summed E-state index contributed by atoms with van der Waals surface area (Å²) in [6, 6.07) is 9.07. The predicted octanol–water partition coefficient (Wildman–Crippen LogP) is 2.20. The van der Waals surface area contributed by atoms with Crippen molar-refractivity contribution in [2.24, 2.45) is 5.73 Å². The SMILES string of the molecule is Cc1cc(Oc2nc(C#N)ccc2-c2ncc(CN)cn2)cc(N2CCOCC2)n1. The maximum absolute atomic E-state index is 9.27. The fourth-order valence-corrected chi connectivity index (χ4v) is 3.09. The van der Waals surface area contributed by atoms with Crippen molar-refractivity contribution in [2.75, 3.05) is 31.2 Å². The van der Waals surface area contributed by atoms with Crippen LogP contribution in [-0.2, 0) is 11.3 Å². The predicted molar refractivity (Wildman–Crippen MR) is 110 cm³/mol. The first-order valence-electron chi connectivity index (χ1n) is 9.58. The van der Waals surface area contributed by atoms with Gasteiger partial charge in [-0.05, 0) is 19.1 Å². The summed E-state index contributed by atoms with van der Waals surface area (Å²) in [5.41, 5.74) is 8.09. The zero-order chi connectivity index (χ0) is 20.9. The lowest BCUT2D eigenvalue weighted by Crippen LogP contribution is -2.36. The first-order chi connectivity index (χ1) is 14.7. The maximum Gasteiger partial charge on any atom is 0.231 e. The molecule has 1 fully saturated rings. The van der Waals surface area contributed by atoms with Gasteiger partial charge in [-0.3, -0.25) is 0 Å². The van der Waals surface area contributed by atoms with Gasteiger partial charge in [0.25, 0.3) is 0 Å². The van der Waals surface area contributed by atoms with Crippen LogP contribution >= 0.6 is 0 Å². The van der Waals surface area contributed by atoms with Gasteiger partial charge in [-0.1, -0.05) is 0 Å². The van der Waals surface area contributed by atoms with Crippen LogP contribution in [0.1, 0.15) is 17.0 Å². The van der Waals surface area contributed by atoms with E-state index in [9.17, 15) is 5.26 Å². The van der Waals surface area contributed by atoms with Crippen LogP contribution in [0.4, 0.5) is 5.82 Å². The molecule has 1 aliphatic heterocycles. The van der Waals surface area contributed by atoms with Crippen molar-refractivity contribution < 1.29 is 9.47 Å². The summed E-state index contributed by atoms with van der Waals surface area (Å²) in [5.74, 6) is 2.09. The molecule has 0 aromatic carbocycles. The van der Waals surface area contributed by atoms with Gasteiger partial charge in [0.05, 0.1) is 18.8 Å². The fraction of sp³-hybridized carbons (Fsp3) is 0.286. The summed E-state index contributed by atoms with van der Waals surface area (Å²) in [6.45, 7) is 5.13. The molecule has 1 saturated heterocycles. The summed E-state index contributed by atoms with van der Waals surface area (Å²) < 4.78 is 11.5. The lowest BCUT2D eigenvalue weighted by molar-refractivity contribution is 0.122. The topological polar surface area (TPSA) is 123 Å². The second-order valence-electron chi connectivity index (χ2n) is 6.78. The van der Waals surface area contributed by atoms with Gasteiger partial charge in [0, 0.05) is 55.4 Å². The summed E-state index contributed by atoms with van der Waals surface area (Å²) in [5, 5.41) is 9.27. The number of hydrogen-bond donors (Lipinski definition) is 1. The van der Waals surface area contributed by atoms with E-state index in [2.05, 4.69) is 24.8 Å². The van der Waals surface area contributed by atoms with E-state index in [1.165, 1.54) is 0 Å². The minimum atomic E-state index is 0.242. The van der Waals surface area contributed by atoms with Crippen molar-refractivity contribution in [1.82, 2.24) is 19.9 Å². The van der Waals surface area contributed by atoms with Gasteiger partial charge in [0.1, 0.15) is 23.3 Å². The molecule has 1 aliphatic rings. The van der Waals surface area contributed by atoms with Crippen LogP contribution in [-0.4, -0.2) is 46.2 Å². The third-order valence-corrected chi connectivity index (χ3v) is 4.62. The number of morpholine rings is 1. The van der Waals surface area contributed by atoms with Crippen LogP contribution < -0.4 is 15.4 Å². The molecule has 0 bridgehead atoms. The molecule has 0 amide bonds. The molecule has 0 aliphatic carbocycles. The molecule has 3 aromatic heterocycles. The van der Waals surface area contributed by atoms with Crippen LogP contribution in [0.5, 0.6) is 11.6 Å². The van der Waals surface area contributed by atoms with Gasteiger partial charge in [0.15, 0.2) is 5.82 Å². The number of nitrogens with zero attached hydrogens (tertiary/aromatic N) is 6. The van der Waals surface area contributed by atoms with Gasteiger partial charge in [-0.15, -0.1) is 0 Å². The van der Waals surface area contributed by atoms with Crippen LogP contribution in [0.15, 0.2) is 36.7 Å². The molecule has 9 heteroatoms. The minimum Gasteiger partial charge on any atom is -0.438 e. The fourth-order valence-electron chi connectivity index (χ4n) is 3.09. The first-order valence-corrected chi connectivity index (χ1v) is 9.58. The van der Waals surface area contributed by atoms with Gasteiger partial charge < -0.3 is 20.1 Å². The number of anilines is 1. The van der Waals surface area contributed by atoms with Crippen LogP contribution in [0.25, 0.3) is 11.4 Å². The largest absolute Gasteiger partial charge is 0.438 e. The zero-order valence-corrected chi connectivity index (χ0v) is 16.6. The summed E-state index contributed by atoms with van der Waals surface area (Å²) in [7, 11) is 0. The Kier molecular flexibility index (Phi) is 5.79. The van der Waals surface area contributed by atoms with Crippen molar-refractivity contribution >= 4 is 5.82 Å². The number of aromatic nitrogens is 4. The number of ether oxygens (including phenoxy) is 2. The van der Waals surface area contributed by atoms with E-state index in [1.54, 1.807) is 24.5 Å². The molecule has 0 unspecified atom stereocenters. The Morgan fingerprint density at radius 1 is 1.17 bits per heavy atom. The van der Waals surface area contributed by atoms with Gasteiger partial charge in [-0.25, -0.2) is 19.9 Å². The smallest absolute Gasteiger partial charge is 0.231 e. The number of nitrogens with two attached hydrogens (primary N) is 1. The highest BCUT2D eigenvalue weighted by molar-refractivity contribution is 5.63. The zero-order valence-electron chi connectivity index (χ0n) is 16.6. The lowest BCUT2D eigenvalue weighted by atomic mass is 10.2. The van der Waals surface area contributed by atoms with E-state index in [4.69, 9.17) is 15.2 Å². The molecular formula is C21H21N7O2.